The zero-order valence-electron chi connectivity index (χ0n) is 24.2. The van der Waals surface area contributed by atoms with Crippen molar-refractivity contribution in [2.75, 3.05) is 13.2 Å². The molecule has 0 amide bonds. The van der Waals surface area contributed by atoms with Gasteiger partial charge in [-0.3, -0.25) is 9.59 Å². The Morgan fingerprint density at radius 3 is 1.50 bits per heavy atom. The van der Waals surface area contributed by atoms with E-state index in [1.807, 2.05) is 0 Å². The molecule has 0 bridgehead atoms. The summed E-state index contributed by atoms with van der Waals surface area (Å²) in [5.41, 5.74) is 0. The van der Waals surface area contributed by atoms with Crippen LogP contribution in [0.2, 0.25) is 0 Å². The van der Waals surface area contributed by atoms with Crippen molar-refractivity contribution >= 4 is 11.9 Å². The van der Waals surface area contributed by atoms with Crippen LogP contribution in [0.1, 0.15) is 142 Å². The van der Waals surface area contributed by atoms with Crippen LogP contribution in [0, 0.1) is 0 Å². The molecule has 8 heteroatoms. The fourth-order valence-corrected chi connectivity index (χ4v) is 4.79. The number of hydrogen-bond acceptors (Lipinski definition) is 8. The fraction of sp³-hybridized carbons (Fsp3) is 0.933. The normalized spacial score (nSPS) is 23.0. The first-order valence-corrected chi connectivity index (χ1v) is 15.4. The number of carbonyl (C=O) groups excluding carboxylic acids is 2. The summed E-state index contributed by atoms with van der Waals surface area (Å²) in [6.07, 6.45) is 16.8. The second-order valence-electron chi connectivity index (χ2n) is 10.9. The predicted molar refractivity (Wildman–Crippen MR) is 147 cm³/mol. The molecule has 0 spiro atoms. The summed E-state index contributed by atoms with van der Waals surface area (Å²) in [7, 11) is 0. The van der Waals surface area contributed by atoms with Crippen molar-refractivity contribution in [3.05, 3.63) is 0 Å². The lowest BCUT2D eigenvalue weighted by Gasteiger charge is -2.25. The maximum absolute atomic E-state index is 12.1. The third kappa shape index (κ3) is 15.4. The van der Waals surface area contributed by atoms with Crippen molar-refractivity contribution in [1.29, 1.82) is 0 Å². The van der Waals surface area contributed by atoms with Crippen LogP contribution in [0.4, 0.5) is 0 Å². The van der Waals surface area contributed by atoms with E-state index in [4.69, 9.17) is 14.2 Å². The van der Waals surface area contributed by atoms with Crippen LogP contribution >= 0.6 is 0 Å². The summed E-state index contributed by atoms with van der Waals surface area (Å²) in [6, 6.07) is 0. The molecule has 0 radical (unpaired) electrons. The van der Waals surface area contributed by atoms with Crippen LogP contribution in [0.3, 0.4) is 0 Å². The van der Waals surface area contributed by atoms with Gasteiger partial charge in [-0.1, -0.05) is 117 Å². The summed E-state index contributed by atoms with van der Waals surface area (Å²) in [4.78, 5) is 24.1. The first-order chi connectivity index (χ1) is 18.3. The van der Waals surface area contributed by atoms with Crippen LogP contribution < -0.4 is 0 Å². The highest BCUT2D eigenvalue weighted by molar-refractivity contribution is 5.69. The van der Waals surface area contributed by atoms with Gasteiger partial charge in [0.25, 0.3) is 0 Å². The molecule has 0 aromatic heterocycles. The van der Waals surface area contributed by atoms with Crippen molar-refractivity contribution in [3.63, 3.8) is 0 Å². The SMILES string of the molecule is CCCCCCCCCCCC(=O)OC[C@H]1O[C@@](O)(COC(=O)CCCCCCCCCCC)[C@H](O)[C@@H]1O. The van der Waals surface area contributed by atoms with E-state index in [0.717, 1.165) is 32.1 Å². The zero-order chi connectivity index (χ0) is 28.1. The minimum atomic E-state index is -2.23. The smallest absolute Gasteiger partial charge is 0.305 e. The molecule has 1 aliphatic rings. The van der Waals surface area contributed by atoms with E-state index in [0.29, 0.717) is 6.42 Å². The largest absolute Gasteiger partial charge is 0.463 e. The molecule has 1 heterocycles. The van der Waals surface area contributed by atoms with E-state index in [-0.39, 0.29) is 19.4 Å². The third-order valence-corrected chi connectivity index (χ3v) is 7.34. The Kier molecular flexibility index (Phi) is 19.8. The molecule has 0 aromatic rings. The highest BCUT2D eigenvalue weighted by atomic mass is 16.7. The Bertz CT molecular complexity index is 613. The topological polar surface area (TPSA) is 123 Å². The third-order valence-electron chi connectivity index (χ3n) is 7.34. The average Bonchev–Trinajstić information content (AvgIpc) is 3.12. The standard InChI is InChI=1S/C30H56O8/c1-3-5-7-9-11-13-15-17-19-21-26(31)36-23-25-28(33)29(34)30(35,38-25)24-37-27(32)22-20-18-16-14-12-10-8-6-4-2/h25,28-29,33-35H,3-24H2,1-2H3/t25-,28-,29-,30+/m1/s1. The van der Waals surface area contributed by atoms with Gasteiger partial charge in [-0.15, -0.1) is 0 Å². The zero-order valence-corrected chi connectivity index (χ0v) is 24.2. The Morgan fingerprint density at radius 2 is 1.05 bits per heavy atom. The number of aliphatic hydroxyl groups excluding tert-OH is 2. The van der Waals surface area contributed by atoms with Gasteiger partial charge in [0.2, 0.25) is 5.79 Å². The van der Waals surface area contributed by atoms with Gasteiger partial charge in [-0.25, -0.2) is 0 Å². The first kappa shape index (κ1) is 34.8. The van der Waals surface area contributed by atoms with Crippen molar-refractivity contribution in [1.82, 2.24) is 0 Å². The van der Waals surface area contributed by atoms with Crippen molar-refractivity contribution < 1.29 is 39.1 Å². The monoisotopic (exact) mass is 544 g/mol. The summed E-state index contributed by atoms with van der Waals surface area (Å²) in [6.45, 7) is 3.53. The van der Waals surface area contributed by atoms with E-state index >= 15 is 0 Å². The fourth-order valence-electron chi connectivity index (χ4n) is 4.79. The van der Waals surface area contributed by atoms with Crippen molar-refractivity contribution in [2.24, 2.45) is 0 Å². The molecule has 1 saturated heterocycles. The minimum Gasteiger partial charge on any atom is -0.463 e. The van der Waals surface area contributed by atoms with E-state index in [1.165, 1.54) is 77.0 Å². The van der Waals surface area contributed by atoms with E-state index in [2.05, 4.69) is 13.8 Å². The number of unbranched alkanes of at least 4 members (excludes halogenated alkanes) is 16. The summed E-state index contributed by atoms with van der Waals surface area (Å²) in [5.74, 6) is -3.12. The Labute approximate surface area is 230 Å². The molecule has 1 rings (SSSR count). The second-order valence-corrected chi connectivity index (χ2v) is 10.9. The average molecular weight is 545 g/mol. The van der Waals surface area contributed by atoms with Crippen LogP contribution in [-0.2, 0) is 23.8 Å². The van der Waals surface area contributed by atoms with E-state index in [1.54, 1.807) is 0 Å². The quantitative estimate of drug-likeness (QED) is 0.104. The lowest BCUT2D eigenvalue weighted by Crippen LogP contribution is -2.47. The molecule has 0 unspecified atom stereocenters. The van der Waals surface area contributed by atoms with Gasteiger partial charge < -0.3 is 29.5 Å². The van der Waals surface area contributed by atoms with Crippen LogP contribution in [0.15, 0.2) is 0 Å². The van der Waals surface area contributed by atoms with Crippen molar-refractivity contribution in [3.8, 4) is 0 Å². The Balaban J connectivity index is 2.16. The van der Waals surface area contributed by atoms with Gasteiger partial charge in [0.05, 0.1) is 0 Å². The molecule has 0 saturated carbocycles. The molecule has 3 N–H and O–H groups in total. The number of rotatable bonds is 24. The predicted octanol–water partition coefficient (Wildman–Crippen LogP) is 5.72. The summed E-state index contributed by atoms with van der Waals surface area (Å²) >= 11 is 0. The molecular weight excluding hydrogens is 488 g/mol. The van der Waals surface area contributed by atoms with E-state index in [9.17, 15) is 24.9 Å². The van der Waals surface area contributed by atoms with Crippen molar-refractivity contribution in [2.45, 2.75) is 166 Å². The molecule has 224 valence electrons. The minimum absolute atomic E-state index is 0.227. The van der Waals surface area contributed by atoms with Gasteiger partial charge >= 0.3 is 11.9 Å². The summed E-state index contributed by atoms with van der Waals surface area (Å²) in [5, 5.41) is 31.1. The molecule has 1 fully saturated rings. The lowest BCUT2D eigenvalue weighted by atomic mass is 10.1. The van der Waals surface area contributed by atoms with E-state index < -0.39 is 42.6 Å². The van der Waals surface area contributed by atoms with Crippen LogP contribution in [-0.4, -0.2) is 64.6 Å². The molecule has 0 aliphatic carbocycles. The maximum atomic E-state index is 12.1. The number of hydrogen-bond donors (Lipinski definition) is 3. The Hall–Kier alpha value is -1.22. The van der Waals surface area contributed by atoms with Crippen LogP contribution in [0.5, 0.6) is 0 Å². The number of esters is 2. The summed E-state index contributed by atoms with van der Waals surface area (Å²) < 4.78 is 15.7. The maximum Gasteiger partial charge on any atom is 0.305 e. The molecular formula is C30H56O8. The van der Waals surface area contributed by atoms with Gasteiger partial charge in [0.1, 0.15) is 31.5 Å². The lowest BCUT2D eigenvalue weighted by molar-refractivity contribution is -0.253. The number of aliphatic hydroxyl groups is 3. The van der Waals surface area contributed by atoms with Gasteiger partial charge in [0, 0.05) is 12.8 Å². The molecule has 1 aliphatic heterocycles. The second kappa shape index (κ2) is 21.6. The molecule has 0 aromatic carbocycles. The number of carbonyl (C=O) groups is 2. The van der Waals surface area contributed by atoms with Crippen LogP contribution in [0.25, 0.3) is 0 Å². The van der Waals surface area contributed by atoms with Gasteiger partial charge in [-0.2, -0.15) is 0 Å². The highest BCUT2D eigenvalue weighted by Crippen LogP contribution is 2.30. The van der Waals surface area contributed by atoms with Gasteiger partial charge in [-0.05, 0) is 12.8 Å². The Morgan fingerprint density at radius 1 is 0.658 bits per heavy atom. The molecule has 8 nitrogen and oxygen atoms in total. The number of ether oxygens (including phenoxy) is 3. The molecule has 4 atom stereocenters. The molecule has 38 heavy (non-hydrogen) atoms. The highest BCUT2D eigenvalue weighted by Gasteiger charge is 2.54. The first-order valence-electron chi connectivity index (χ1n) is 15.4. The van der Waals surface area contributed by atoms with Gasteiger partial charge in [0.15, 0.2) is 0 Å².